The Morgan fingerprint density at radius 1 is 0.909 bits per heavy atom. The fourth-order valence-electron chi connectivity index (χ4n) is 2.38. The van der Waals surface area contributed by atoms with Crippen LogP contribution in [-0.4, -0.2) is 23.3 Å². The van der Waals surface area contributed by atoms with Gasteiger partial charge in [0.05, 0.1) is 11.2 Å². The minimum Gasteiger partial charge on any atom is -0.399 e. The maximum absolute atomic E-state index is 6.10. The monoisotopic (exact) mass is 317 g/mol. The quantitative estimate of drug-likeness (QED) is 0.795. The first-order chi connectivity index (χ1) is 9.89. The van der Waals surface area contributed by atoms with Crippen LogP contribution >= 0.6 is 12.4 Å². The first-order valence-corrected chi connectivity index (χ1v) is 7.25. The normalized spacial score (nSPS) is 18.8. The van der Waals surface area contributed by atoms with Crippen LogP contribution in [0, 0.1) is 0 Å². The summed E-state index contributed by atoms with van der Waals surface area (Å²) in [6.45, 7) is 8.27. The number of pyridine rings is 1. The van der Waals surface area contributed by atoms with Gasteiger partial charge < -0.3 is 9.31 Å². The highest BCUT2D eigenvalue weighted by molar-refractivity contribution is 6.62. The molecule has 0 bridgehead atoms. The third kappa shape index (κ3) is 3.05. The van der Waals surface area contributed by atoms with Gasteiger partial charge in [-0.05, 0) is 50.4 Å². The van der Waals surface area contributed by atoms with Crippen LogP contribution in [0.15, 0.2) is 48.8 Å². The number of hydrogen-bond donors (Lipinski definition) is 0. The molecule has 22 heavy (non-hydrogen) atoms. The molecule has 3 rings (SSSR count). The average molecular weight is 318 g/mol. The van der Waals surface area contributed by atoms with Gasteiger partial charge in [-0.2, -0.15) is 0 Å². The predicted octanol–water partition coefficient (Wildman–Crippen LogP) is 3.47. The van der Waals surface area contributed by atoms with Crippen molar-refractivity contribution in [2.75, 3.05) is 0 Å². The van der Waals surface area contributed by atoms with Crippen LogP contribution in [0.4, 0.5) is 0 Å². The lowest BCUT2D eigenvalue weighted by atomic mass is 9.78. The molecular weight excluding hydrogens is 296 g/mol. The predicted molar refractivity (Wildman–Crippen MR) is 92.6 cm³/mol. The molecule has 1 fully saturated rings. The largest absolute Gasteiger partial charge is 0.494 e. The average Bonchev–Trinajstić information content (AvgIpc) is 2.69. The van der Waals surface area contributed by atoms with Crippen LogP contribution in [-0.2, 0) is 9.31 Å². The van der Waals surface area contributed by atoms with Gasteiger partial charge in [-0.25, -0.2) is 0 Å². The van der Waals surface area contributed by atoms with Crippen LogP contribution in [0.25, 0.3) is 11.1 Å². The number of halogens is 1. The summed E-state index contributed by atoms with van der Waals surface area (Å²) >= 11 is 0. The Morgan fingerprint density at radius 3 is 2.14 bits per heavy atom. The Bertz CT molecular complexity index is 630. The van der Waals surface area contributed by atoms with Gasteiger partial charge in [0.15, 0.2) is 0 Å². The number of rotatable bonds is 2. The van der Waals surface area contributed by atoms with Gasteiger partial charge in [-0.15, -0.1) is 12.4 Å². The summed E-state index contributed by atoms with van der Waals surface area (Å²) in [4.78, 5) is 4.17. The zero-order valence-electron chi connectivity index (χ0n) is 13.4. The van der Waals surface area contributed by atoms with Crippen LogP contribution in [0.3, 0.4) is 0 Å². The van der Waals surface area contributed by atoms with Gasteiger partial charge in [0.25, 0.3) is 0 Å². The molecule has 0 unspecified atom stereocenters. The van der Waals surface area contributed by atoms with Crippen molar-refractivity contribution >= 4 is 25.0 Å². The van der Waals surface area contributed by atoms with E-state index in [1.54, 1.807) is 6.20 Å². The third-order valence-corrected chi connectivity index (χ3v) is 4.41. The van der Waals surface area contributed by atoms with E-state index in [0.29, 0.717) is 0 Å². The molecule has 2 heterocycles. The number of benzene rings is 1. The van der Waals surface area contributed by atoms with Crippen LogP contribution < -0.4 is 5.46 Å². The first kappa shape index (κ1) is 17.0. The van der Waals surface area contributed by atoms with Crippen molar-refractivity contribution < 1.29 is 9.31 Å². The van der Waals surface area contributed by atoms with Crippen molar-refractivity contribution in [2.45, 2.75) is 38.9 Å². The molecule has 1 aliphatic heterocycles. The molecule has 0 spiro atoms. The molecule has 3 nitrogen and oxygen atoms in total. The van der Waals surface area contributed by atoms with Crippen molar-refractivity contribution in [3.63, 3.8) is 0 Å². The van der Waals surface area contributed by atoms with Crippen molar-refractivity contribution in [3.05, 3.63) is 48.8 Å². The standard InChI is InChI=1S/C17H20BNO2.ClH/c1-16(2)17(3,4)21-18(20-16)15-9-5-7-13(11-15)14-8-6-10-19-12-14;/h5-12H,1-4H3;1H. The Morgan fingerprint density at radius 2 is 1.55 bits per heavy atom. The van der Waals surface area contributed by atoms with Gasteiger partial charge >= 0.3 is 7.12 Å². The van der Waals surface area contributed by atoms with E-state index in [1.807, 2.05) is 24.4 Å². The lowest BCUT2D eigenvalue weighted by Crippen LogP contribution is -2.41. The summed E-state index contributed by atoms with van der Waals surface area (Å²) in [6.07, 6.45) is 3.64. The smallest absolute Gasteiger partial charge is 0.399 e. The zero-order chi connectivity index (χ0) is 15.1. The Hall–Kier alpha value is -1.36. The third-order valence-electron chi connectivity index (χ3n) is 4.41. The summed E-state index contributed by atoms with van der Waals surface area (Å²) in [5.74, 6) is 0. The topological polar surface area (TPSA) is 31.4 Å². The Labute approximate surface area is 138 Å². The van der Waals surface area contributed by atoms with E-state index in [4.69, 9.17) is 9.31 Å². The summed E-state index contributed by atoms with van der Waals surface area (Å²) in [5, 5.41) is 0. The molecule has 1 aliphatic rings. The SMILES string of the molecule is CC1(C)OB(c2cccc(-c3cccnc3)c2)OC1(C)C.Cl. The van der Waals surface area contributed by atoms with Crippen LogP contribution in [0.2, 0.25) is 0 Å². The molecule has 0 radical (unpaired) electrons. The molecule has 0 saturated carbocycles. The second-order valence-electron chi connectivity index (χ2n) is 6.46. The highest BCUT2D eigenvalue weighted by atomic mass is 35.5. The molecule has 0 N–H and O–H groups in total. The molecule has 5 heteroatoms. The fraction of sp³-hybridized carbons (Fsp3) is 0.353. The summed E-state index contributed by atoms with van der Waals surface area (Å²) < 4.78 is 12.2. The molecule has 0 atom stereocenters. The van der Waals surface area contributed by atoms with E-state index >= 15 is 0 Å². The van der Waals surface area contributed by atoms with E-state index in [-0.39, 0.29) is 30.7 Å². The molecule has 1 aromatic heterocycles. The molecular formula is C17H21BClNO2. The highest BCUT2D eigenvalue weighted by Gasteiger charge is 2.51. The summed E-state index contributed by atoms with van der Waals surface area (Å²) in [5.41, 5.74) is 2.62. The fourth-order valence-corrected chi connectivity index (χ4v) is 2.38. The van der Waals surface area contributed by atoms with Crippen molar-refractivity contribution in [3.8, 4) is 11.1 Å². The number of aromatic nitrogens is 1. The van der Waals surface area contributed by atoms with E-state index in [0.717, 1.165) is 16.6 Å². The lowest BCUT2D eigenvalue weighted by molar-refractivity contribution is 0.00578. The van der Waals surface area contributed by atoms with Crippen molar-refractivity contribution in [1.82, 2.24) is 4.98 Å². The van der Waals surface area contributed by atoms with Crippen LogP contribution in [0.5, 0.6) is 0 Å². The highest BCUT2D eigenvalue weighted by Crippen LogP contribution is 2.36. The van der Waals surface area contributed by atoms with Gasteiger partial charge in [-0.1, -0.05) is 30.3 Å². The van der Waals surface area contributed by atoms with Crippen LogP contribution in [0.1, 0.15) is 27.7 Å². The molecule has 0 amide bonds. The molecule has 1 aromatic carbocycles. The molecule has 0 aliphatic carbocycles. The maximum atomic E-state index is 6.10. The minimum absolute atomic E-state index is 0. The van der Waals surface area contributed by atoms with Gasteiger partial charge in [0.2, 0.25) is 0 Å². The first-order valence-electron chi connectivity index (χ1n) is 7.25. The van der Waals surface area contributed by atoms with E-state index in [2.05, 4.69) is 50.9 Å². The molecule has 1 saturated heterocycles. The summed E-state index contributed by atoms with van der Waals surface area (Å²) in [6, 6.07) is 12.3. The maximum Gasteiger partial charge on any atom is 0.494 e. The van der Waals surface area contributed by atoms with Crippen molar-refractivity contribution in [1.29, 1.82) is 0 Å². The van der Waals surface area contributed by atoms with E-state index < -0.39 is 0 Å². The van der Waals surface area contributed by atoms with E-state index in [9.17, 15) is 0 Å². The number of nitrogens with zero attached hydrogens (tertiary/aromatic N) is 1. The second-order valence-corrected chi connectivity index (χ2v) is 6.46. The van der Waals surface area contributed by atoms with Gasteiger partial charge in [-0.3, -0.25) is 4.98 Å². The van der Waals surface area contributed by atoms with E-state index in [1.165, 1.54) is 0 Å². The molecule has 116 valence electrons. The second kappa shape index (κ2) is 6.03. The Balaban J connectivity index is 0.00000176. The van der Waals surface area contributed by atoms with Gasteiger partial charge in [0, 0.05) is 12.4 Å². The van der Waals surface area contributed by atoms with Crippen molar-refractivity contribution in [2.24, 2.45) is 0 Å². The lowest BCUT2D eigenvalue weighted by Gasteiger charge is -2.32. The minimum atomic E-state index is -0.327. The molecule has 2 aromatic rings. The van der Waals surface area contributed by atoms with Gasteiger partial charge in [0.1, 0.15) is 0 Å². The summed E-state index contributed by atoms with van der Waals surface area (Å²) in [7, 11) is -0.327. The number of hydrogen-bond acceptors (Lipinski definition) is 3. The Kier molecular flexibility index (Phi) is 4.66. The zero-order valence-corrected chi connectivity index (χ0v) is 14.2.